The van der Waals surface area contributed by atoms with Gasteiger partial charge >= 0.3 is 5.97 Å². The van der Waals surface area contributed by atoms with Crippen LogP contribution in [-0.2, 0) is 4.79 Å². The van der Waals surface area contributed by atoms with Crippen LogP contribution in [0.4, 0.5) is 0 Å². The van der Waals surface area contributed by atoms with E-state index >= 15 is 0 Å². The zero-order valence-electron chi connectivity index (χ0n) is 12.4. The van der Waals surface area contributed by atoms with E-state index < -0.39 is 11.4 Å². The Morgan fingerprint density at radius 3 is 2.52 bits per heavy atom. The fraction of sp³-hybridized carbons (Fsp3) is 0.500. The molecule has 2 rings (SSSR count). The van der Waals surface area contributed by atoms with Crippen LogP contribution in [-0.4, -0.2) is 29.3 Å². The summed E-state index contributed by atoms with van der Waals surface area (Å²) in [7, 11) is 0. The van der Waals surface area contributed by atoms with Crippen molar-refractivity contribution in [3.05, 3.63) is 29.8 Å². The minimum absolute atomic E-state index is 0.193. The minimum atomic E-state index is -0.868. The third kappa shape index (κ3) is 3.40. The molecule has 1 saturated carbocycles. The fourth-order valence-electron chi connectivity index (χ4n) is 2.80. The number of aliphatic carboxylic acids is 1. The number of amides is 1. The molecule has 1 fully saturated rings. The third-order valence-electron chi connectivity index (χ3n) is 4.35. The number of carboxylic acids is 1. The van der Waals surface area contributed by atoms with Crippen LogP contribution >= 0.6 is 11.8 Å². The molecule has 5 heteroatoms. The highest BCUT2D eigenvalue weighted by molar-refractivity contribution is 7.98. The quantitative estimate of drug-likeness (QED) is 0.839. The monoisotopic (exact) mass is 307 g/mol. The Labute approximate surface area is 129 Å². The van der Waals surface area contributed by atoms with Gasteiger partial charge in [-0.15, -0.1) is 11.8 Å². The van der Waals surface area contributed by atoms with Crippen LogP contribution in [0.3, 0.4) is 0 Å². The highest BCUT2D eigenvalue weighted by atomic mass is 32.2. The van der Waals surface area contributed by atoms with Crippen LogP contribution in [0.25, 0.3) is 0 Å². The van der Waals surface area contributed by atoms with Crippen molar-refractivity contribution in [1.82, 2.24) is 5.32 Å². The van der Waals surface area contributed by atoms with Crippen molar-refractivity contribution in [2.75, 3.05) is 6.26 Å². The maximum Gasteiger partial charge on any atom is 0.311 e. The SMILES string of the molecule is CSc1ccc(C(=O)NC2CCCCC2(C)C(=O)O)cc1. The normalized spacial score (nSPS) is 25.3. The van der Waals surface area contributed by atoms with E-state index in [9.17, 15) is 14.7 Å². The fourth-order valence-corrected chi connectivity index (χ4v) is 3.21. The predicted octanol–water partition coefficient (Wildman–Crippen LogP) is 3.17. The molecular weight excluding hydrogens is 286 g/mol. The zero-order valence-corrected chi connectivity index (χ0v) is 13.2. The number of rotatable bonds is 4. The second-order valence-electron chi connectivity index (χ2n) is 5.72. The molecule has 0 spiro atoms. The molecule has 0 aliphatic heterocycles. The summed E-state index contributed by atoms with van der Waals surface area (Å²) < 4.78 is 0. The van der Waals surface area contributed by atoms with Crippen molar-refractivity contribution >= 4 is 23.6 Å². The Morgan fingerprint density at radius 1 is 1.29 bits per heavy atom. The summed E-state index contributed by atoms with van der Waals surface area (Å²) in [6.07, 6.45) is 5.17. The van der Waals surface area contributed by atoms with Crippen molar-refractivity contribution in [2.45, 2.75) is 43.5 Å². The highest BCUT2D eigenvalue weighted by Crippen LogP contribution is 2.36. The highest BCUT2D eigenvalue weighted by Gasteiger charge is 2.43. The topological polar surface area (TPSA) is 66.4 Å². The van der Waals surface area contributed by atoms with Crippen molar-refractivity contribution in [1.29, 1.82) is 0 Å². The largest absolute Gasteiger partial charge is 0.481 e. The van der Waals surface area contributed by atoms with Gasteiger partial charge in [0.05, 0.1) is 5.41 Å². The second-order valence-corrected chi connectivity index (χ2v) is 6.60. The number of nitrogens with one attached hydrogen (secondary N) is 1. The first-order valence-electron chi connectivity index (χ1n) is 7.15. The lowest BCUT2D eigenvalue weighted by Gasteiger charge is -2.38. The molecule has 1 aromatic rings. The van der Waals surface area contributed by atoms with Crippen molar-refractivity contribution in [3.63, 3.8) is 0 Å². The minimum Gasteiger partial charge on any atom is -0.481 e. The number of benzene rings is 1. The molecule has 114 valence electrons. The Hall–Kier alpha value is -1.49. The van der Waals surface area contributed by atoms with Gasteiger partial charge in [0, 0.05) is 16.5 Å². The summed E-state index contributed by atoms with van der Waals surface area (Å²) in [5, 5.41) is 12.4. The van der Waals surface area contributed by atoms with Gasteiger partial charge in [0.1, 0.15) is 0 Å². The molecule has 2 N–H and O–H groups in total. The maximum atomic E-state index is 12.3. The summed E-state index contributed by atoms with van der Waals surface area (Å²) >= 11 is 1.62. The smallest absolute Gasteiger partial charge is 0.311 e. The summed E-state index contributed by atoms with van der Waals surface area (Å²) in [5.41, 5.74) is -0.293. The standard InChI is InChI=1S/C16H21NO3S/c1-16(15(19)20)10-4-3-5-13(16)17-14(18)11-6-8-12(21-2)9-7-11/h6-9,13H,3-5,10H2,1-2H3,(H,17,18)(H,19,20). The first-order valence-corrected chi connectivity index (χ1v) is 8.38. The van der Waals surface area contributed by atoms with Gasteiger partial charge in [-0.05, 0) is 50.3 Å². The van der Waals surface area contributed by atoms with Crippen LogP contribution in [0.5, 0.6) is 0 Å². The Bertz CT molecular complexity index is 529. The van der Waals surface area contributed by atoms with E-state index in [1.54, 1.807) is 30.8 Å². The predicted molar refractivity (Wildman–Crippen MR) is 83.7 cm³/mol. The molecule has 2 atom stereocenters. The lowest BCUT2D eigenvalue weighted by molar-refractivity contribution is -0.151. The van der Waals surface area contributed by atoms with Gasteiger partial charge in [0.15, 0.2) is 0 Å². The molecule has 2 unspecified atom stereocenters. The lowest BCUT2D eigenvalue weighted by atomic mass is 9.71. The Balaban J connectivity index is 2.11. The maximum absolute atomic E-state index is 12.3. The van der Waals surface area contributed by atoms with Crippen LogP contribution in [0.15, 0.2) is 29.2 Å². The van der Waals surface area contributed by atoms with Crippen molar-refractivity contribution in [3.8, 4) is 0 Å². The summed E-state index contributed by atoms with van der Waals surface area (Å²) in [6, 6.07) is 7.05. The second kappa shape index (κ2) is 6.52. The van der Waals surface area contributed by atoms with Gasteiger partial charge in [0.25, 0.3) is 5.91 Å². The molecule has 21 heavy (non-hydrogen) atoms. The van der Waals surface area contributed by atoms with Gasteiger partial charge in [-0.3, -0.25) is 9.59 Å². The molecule has 1 aliphatic rings. The van der Waals surface area contributed by atoms with Crippen LogP contribution in [0, 0.1) is 5.41 Å². The molecule has 0 bridgehead atoms. The van der Waals surface area contributed by atoms with E-state index in [1.807, 2.05) is 18.4 Å². The first kappa shape index (κ1) is 15.9. The lowest BCUT2D eigenvalue weighted by Crippen LogP contribution is -2.52. The van der Waals surface area contributed by atoms with Gasteiger partial charge in [-0.2, -0.15) is 0 Å². The number of hydrogen-bond acceptors (Lipinski definition) is 3. The van der Waals surface area contributed by atoms with E-state index in [1.165, 1.54) is 0 Å². The number of carbonyl (C=O) groups is 2. The van der Waals surface area contributed by atoms with Gasteiger partial charge in [-0.25, -0.2) is 0 Å². The molecule has 1 aliphatic carbocycles. The van der Waals surface area contributed by atoms with Gasteiger partial charge in [0.2, 0.25) is 0 Å². The van der Waals surface area contributed by atoms with Crippen LogP contribution < -0.4 is 5.32 Å². The molecule has 1 aromatic carbocycles. The van der Waals surface area contributed by atoms with Crippen LogP contribution in [0.2, 0.25) is 0 Å². The number of carbonyl (C=O) groups excluding carboxylic acids is 1. The number of thioether (sulfide) groups is 1. The van der Waals surface area contributed by atoms with E-state index in [0.717, 1.165) is 24.2 Å². The molecule has 0 radical (unpaired) electrons. The third-order valence-corrected chi connectivity index (χ3v) is 5.10. The average Bonchev–Trinajstić information content (AvgIpc) is 2.49. The van der Waals surface area contributed by atoms with E-state index in [0.29, 0.717) is 12.0 Å². The number of hydrogen-bond donors (Lipinski definition) is 2. The van der Waals surface area contributed by atoms with Crippen molar-refractivity contribution < 1.29 is 14.7 Å². The molecule has 0 aromatic heterocycles. The molecule has 1 amide bonds. The summed E-state index contributed by atoms with van der Waals surface area (Å²) in [5.74, 6) is -1.02. The van der Waals surface area contributed by atoms with Crippen molar-refractivity contribution in [2.24, 2.45) is 5.41 Å². The van der Waals surface area contributed by atoms with Crippen LogP contribution in [0.1, 0.15) is 43.0 Å². The Kier molecular flexibility index (Phi) is 4.93. The average molecular weight is 307 g/mol. The molecular formula is C16H21NO3S. The van der Waals surface area contributed by atoms with E-state index in [4.69, 9.17) is 0 Å². The molecule has 4 nitrogen and oxygen atoms in total. The molecule has 0 saturated heterocycles. The van der Waals surface area contributed by atoms with Gasteiger partial charge in [-0.1, -0.05) is 12.8 Å². The zero-order chi connectivity index (χ0) is 15.5. The Morgan fingerprint density at radius 2 is 1.95 bits per heavy atom. The van der Waals surface area contributed by atoms with Gasteiger partial charge < -0.3 is 10.4 Å². The number of carboxylic acid groups (broad SMARTS) is 1. The summed E-state index contributed by atoms with van der Waals surface area (Å²) in [6.45, 7) is 1.73. The van der Waals surface area contributed by atoms with E-state index in [-0.39, 0.29) is 11.9 Å². The molecule has 0 heterocycles. The summed E-state index contributed by atoms with van der Waals surface area (Å²) in [4.78, 5) is 24.9. The first-order chi connectivity index (χ1) is 9.97. The van der Waals surface area contributed by atoms with E-state index in [2.05, 4.69) is 5.32 Å².